The van der Waals surface area contributed by atoms with E-state index < -0.39 is 10.0 Å². The quantitative estimate of drug-likeness (QED) is 0.512. The third-order valence-electron chi connectivity index (χ3n) is 4.98. The van der Waals surface area contributed by atoms with E-state index in [9.17, 15) is 13.2 Å². The van der Waals surface area contributed by atoms with E-state index in [1.165, 1.54) is 0 Å². The van der Waals surface area contributed by atoms with Crippen molar-refractivity contribution in [1.29, 1.82) is 0 Å². The van der Waals surface area contributed by atoms with Crippen LogP contribution in [-0.4, -0.2) is 13.0 Å². The molecule has 0 bridgehead atoms. The van der Waals surface area contributed by atoms with Gasteiger partial charge >= 0.3 is 4.87 Å². The normalized spacial score (nSPS) is 11.7. The van der Waals surface area contributed by atoms with Gasteiger partial charge in [-0.15, -0.1) is 0 Å². The second-order valence-corrected chi connectivity index (χ2v) is 9.60. The molecular formula is C22H20N2O3S2. The molecule has 0 saturated carbocycles. The van der Waals surface area contributed by atoms with Gasteiger partial charge in [0, 0.05) is 0 Å². The van der Waals surface area contributed by atoms with Crippen LogP contribution in [0.2, 0.25) is 0 Å². The van der Waals surface area contributed by atoms with Gasteiger partial charge in [0.1, 0.15) is 0 Å². The van der Waals surface area contributed by atoms with Crippen LogP contribution in [0.15, 0.2) is 76.4 Å². The molecule has 4 aromatic rings. The highest BCUT2D eigenvalue weighted by molar-refractivity contribution is 7.92. The van der Waals surface area contributed by atoms with Crippen LogP contribution in [0.3, 0.4) is 0 Å². The SMILES string of the molecule is Cc1cccc(NS(=O)(=O)c2ccc3c(c2)sc(=O)n3Cc2ccccc2)c1C. The van der Waals surface area contributed by atoms with Crippen molar-refractivity contribution in [2.75, 3.05) is 4.72 Å². The highest BCUT2D eigenvalue weighted by Crippen LogP contribution is 2.26. The van der Waals surface area contributed by atoms with Crippen LogP contribution in [0, 0.1) is 13.8 Å². The molecule has 7 heteroatoms. The molecule has 0 atom stereocenters. The predicted molar refractivity (Wildman–Crippen MR) is 118 cm³/mol. The van der Waals surface area contributed by atoms with E-state index in [0.717, 1.165) is 33.5 Å². The maximum atomic E-state index is 12.9. The Hall–Kier alpha value is -2.90. The minimum absolute atomic E-state index is 0.110. The first-order valence-corrected chi connectivity index (χ1v) is 11.4. The number of fused-ring (bicyclic) bond motifs is 1. The van der Waals surface area contributed by atoms with E-state index in [1.807, 2.05) is 56.3 Å². The fraction of sp³-hybridized carbons (Fsp3) is 0.136. The van der Waals surface area contributed by atoms with Gasteiger partial charge in [0.25, 0.3) is 10.0 Å². The molecule has 0 aliphatic heterocycles. The second-order valence-electron chi connectivity index (χ2n) is 6.92. The van der Waals surface area contributed by atoms with E-state index in [4.69, 9.17) is 0 Å². The van der Waals surface area contributed by atoms with Gasteiger partial charge in [-0.05, 0) is 54.8 Å². The van der Waals surface area contributed by atoms with Crippen LogP contribution >= 0.6 is 11.3 Å². The number of nitrogens with one attached hydrogen (secondary N) is 1. The van der Waals surface area contributed by atoms with Crippen molar-refractivity contribution >= 4 is 37.3 Å². The lowest BCUT2D eigenvalue weighted by atomic mass is 10.1. The maximum absolute atomic E-state index is 12.9. The molecule has 0 unspecified atom stereocenters. The van der Waals surface area contributed by atoms with Gasteiger partial charge in [0.2, 0.25) is 0 Å². The highest BCUT2D eigenvalue weighted by Gasteiger charge is 2.18. The number of thiazole rings is 1. The van der Waals surface area contributed by atoms with Gasteiger partial charge in [0.05, 0.1) is 27.3 Å². The van der Waals surface area contributed by atoms with E-state index in [2.05, 4.69) is 4.72 Å². The smallest absolute Gasteiger partial charge is 0.294 e. The number of anilines is 1. The molecule has 1 N–H and O–H groups in total. The Morgan fingerprint density at radius 2 is 1.72 bits per heavy atom. The molecule has 148 valence electrons. The summed E-state index contributed by atoms with van der Waals surface area (Å²) in [6.45, 7) is 4.27. The third kappa shape index (κ3) is 3.83. The molecule has 4 rings (SSSR count). The summed E-state index contributed by atoms with van der Waals surface area (Å²) >= 11 is 1.06. The topological polar surface area (TPSA) is 68.2 Å². The summed E-state index contributed by atoms with van der Waals surface area (Å²) in [7, 11) is -3.76. The third-order valence-corrected chi connectivity index (χ3v) is 7.29. The number of rotatable bonds is 5. The lowest BCUT2D eigenvalue weighted by Gasteiger charge is -2.12. The molecular weight excluding hydrogens is 404 g/mol. The molecule has 0 saturated heterocycles. The Labute approximate surface area is 173 Å². The number of aryl methyl sites for hydroxylation is 1. The molecule has 0 radical (unpaired) electrons. The van der Waals surface area contributed by atoms with Crippen molar-refractivity contribution in [2.24, 2.45) is 0 Å². The zero-order valence-corrected chi connectivity index (χ0v) is 17.7. The standard InChI is InChI=1S/C22H20N2O3S2/c1-15-7-6-10-19(16(15)2)23-29(26,27)18-11-12-20-21(13-18)28-22(25)24(20)14-17-8-4-3-5-9-17/h3-13,23H,14H2,1-2H3. The van der Waals surface area contributed by atoms with Crippen LogP contribution in [0.1, 0.15) is 16.7 Å². The van der Waals surface area contributed by atoms with Crippen molar-refractivity contribution in [3.8, 4) is 0 Å². The fourth-order valence-corrected chi connectivity index (χ4v) is 5.35. The number of hydrogen-bond acceptors (Lipinski definition) is 4. The number of hydrogen-bond donors (Lipinski definition) is 1. The lowest BCUT2D eigenvalue weighted by molar-refractivity contribution is 0.601. The summed E-state index contributed by atoms with van der Waals surface area (Å²) in [4.78, 5) is 12.5. The molecule has 5 nitrogen and oxygen atoms in total. The summed E-state index contributed by atoms with van der Waals surface area (Å²) in [5.41, 5.74) is 4.20. The lowest BCUT2D eigenvalue weighted by Crippen LogP contribution is -2.14. The molecule has 0 aliphatic carbocycles. The Bertz CT molecular complexity index is 1350. The number of aromatic nitrogens is 1. The first-order chi connectivity index (χ1) is 13.8. The van der Waals surface area contributed by atoms with Crippen molar-refractivity contribution in [3.05, 3.63) is 93.1 Å². The number of nitrogens with zero attached hydrogens (tertiary/aromatic N) is 1. The average Bonchev–Trinajstić information content (AvgIpc) is 3.01. The molecule has 29 heavy (non-hydrogen) atoms. The average molecular weight is 425 g/mol. The Kier molecular flexibility index (Phi) is 5.02. The zero-order valence-electron chi connectivity index (χ0n) is 16.0. The van der Waals surface area contributed by atoms with E-state index in [0.29, 0.717) is 16.9 Å². The molecule has 3 aromatic carbocycles. The van der Waals surface area contributed by atoms with Crippen molar-refractivity contribution in [1.82, 2.24) is 4.57 Å². The van der Waals surface area contributed by atoms with Crippen LogP contribution < -0.4 is 9.60 Å². The summed E-state index contributed by atoms with van der Waals surface area (Å²) in [6.07, 6.45) is 0. The van der Waals surface area contributed by atoms with Crippen LogP contribution in [0.4, 0.5) is 5.69 Å². The fourth-order valence-electron chi connectivity index (χ4n) is 3.19. The Morgan fingerprint density at radius 3 is 2.48 bits per heavy atom. The summed E-state index contributed by atoms with van der Waals surface area (Å²) < 4.78 is 30.8. The summed E-state index contributed by atoms with van der Waals surface area (Å²) in [5, 5.41) is 0. The maximum Gasteiger partial charge on any atom is 0.308 e. The minimum atomic E-state index is -3.76. The van der Waals surface area contributed by atoms with Gasteiger partial charge in [-0.25, -0.2) is 8.42 Å². The number of sulfonamides is 1. The highest BCUT2D eigenvalue weighted by atomic mass is 32.2. The van der Waals surface area contributed by atoms with Gasteiger partial charge in [-0.3, -0.25) is 14.1 Å². The molecule has 0 fully saturated rings. The number of benzene rings is 3. The largest absolute Gasteiger partial charge is 0.308 e. The van der Waals surface area contributed by atoms with E-state index >= 15 is 0 Å². The minimum Gasteiger partial charge on any atom is -0.294 e. The first-order valence-electron chi connectivity index (χ1n) is 9.11. The predicted octanol–water partition coefficient (Wildman–Crippen LogP) is 4.53. The molecule has 0 spiro atoms. The van der Waals surface area contributed by atoms with E-state index in [1.54, 1.807) is 28.8 Å². The van der Waals surface area contributed by atoms with Gasteiger partial charge in [-0.2, -0.15) is 0 Å². The van der Waals surface area contributed by atoms with Gasteiger partial charge < -0.3 is 0 Å². The summed E-state index contributed by atoms with van der Waals surface area (Å²) in [6, 6.07) is 20.0. The van der Waals surface area contributed by atoms with Crippen LogP contribution in [0.5, 0.6) is 0 Å². The van der Waals surface area contributed by atoms with Crippen LogP contribution in [0.25, 0.3) is 10.2 Å². The Balaban J connectivity index is 1.70. The first kappa shape index (κ1) is 19.4. The van der Waals surface area contributed by atoms with Gasteiger partial charge in [0.15, 0.2) is 0 Å². The van der Waals surface area contributed by atoms with Gasteiger partial charge in [-0.1, -0.05) is 53.8 Å². The molecule has 0 aliphatic rings. The second kappa shape index (κ2) is 7.50. The van der Waals surface area contributed by atoms with Crippen molar-refractivity contribution in [3.63, 3.8) is 0 Å². The Morgan fingerprint density at radius 1 is 0.966 bits per heavy atom. The van der Waals surface area contributed by atoms with Crippen molar-refractivity contribution < 1.29 is 8.42 Å². The zero-order chi connectivity index (χ0) is 20.6. The van der Waals surface area contributed by atoms with E-state index in [-0.39, 0.29) is 9.77 Å². The molecule has 1 aromatic heterocycles. The van der Waals surface area contributed by atoms with Crippen LogP contribution in [-0.2, 0) is 16.6 Å². The molecule has 0 amide bonds. The summed E-state index contributed by atoms with van der Waals surface area (Å²) in [5.74, 6) is 0. The molecule has 1 heterocycles. The monoisotopic (exact) mass is 424 g/mol. The van der Waals surface area contributed by atoms with Crippen molar-refractivity contribution in [2.45, 2.75) is 25.3 Å².